The number of benzene rings is 1. The number of nitrogens with zero attached hydrogens (tertiary/aromatic N) is 3. The zero-order valence-corrected chi connectivity index (χ0v) is 14.4. The Balaban J connectivity index is 1.80. The van der Waals surface area contributed by atoms with Crippen LogP contribution in [0.25, 0.3) is 10.2 Å². The standard InChI is InChI=1S/C16H20F3N3OS/c1-10-8-21(9-11(2)23)5-6-22(10)15-20-13-7-12(16(17,18)19)3-4-14(13)24-15/h3-4,7,10-11,23H,5-6,8-9H2,1-2H3. The molecule has 3 rings (SSSR count). The van der Waals surface area contributed by atoms with Crippen molar-refractivity contribution in [3.63, 3.8) is 0 Å². The quantitative estimate of drug-likeness (QED) is 0.914. The highest BCUT2D eigenvalue weighted by Gasteiger charge is 2.31. The van der Waals surface area contributed by atoms with E-state index in [1.165, 1.54) is 17.4 Å². The van der Waals surface area contributed by atoms with E-state index in [0.29, 0.717) is 12.1 Å². The molecule has 0 saturated carbocycles. The van der Waals surface area contributed by atoms with E-state index in [0.717, 1.165) is 41.6 Å². The molecule has 1 aliphatic heterocycles. The van der Waals surface area contributed by atoms with Gasteiger partial charge in [-0.05, 0) is 32.0 Å². The molecule has 0 spiro atoms. The molecule has 2 atom stereocenters. The van der Waals surface area contributed by atoms with Crippen molar-refractivity contribution in [2.75, 3.05) is 31.1 Å². The number of rotatable bonds is 3. The zero-order chi connectivity index (χ0) is 17.5. The maximum atomic E-state index is 12.8. The van der Waals surface area contributed by atoms with Crippen LogP contribution in [0.1, 0.15) is 19.4 Å². The van der Waals surface area contributed by atoms with Crippen LogP contribution in [0.3, 0.4) is 0 Å². The van der Waals surface area contributed by atoms with Gasteiger partial charge in [-0.3, -0.25) is 4.90 Å². The number of fused-ring (bicyclic) bond motifs is 1. The van der Waals surface area contributed by atoms with Crippen LogP contribution < -0.4 is 4.90 Å². The van der Waals surface area contributed by atoms with Gasteiger partial charge in [0.25, 0.3) is 0 Å². The predicted molar refractivity (Wildman–Crippen MR) is 89.6 cm³/mol. The molecule has 0 amide bonds. The van der Waals surface area contributed by atoms with E-state index in [4.69, 9.17) is 0 Å². The molecular weight excluding hydrogens is 339 g/mol. The summed E-state index contributed by atoms with van der Waals surface area (Å²) in [6.45, 7) is 6.82. The van der Waals surface area contributed by atoms with Gasteiger partial charge in [0.1, 0.15) is 0 Å². The van der Waals surface area contributed by atoms with Crippen molar-refractivity contribution < 1.29 is 18.3 Å². The van der Waals surface area contributed by atoms with Crippen molar-refractivity contribution in [3.8, 4) is 0 Å². The Morgan fingerprint density at radius 2 is 2.12 bits per heavy atom. The minimum atomic E-state index is -4.35. The van der Waals surface area contributed by atoms with E-state index >= 15 is 0 Å². The van der Waals surface area contributed by atoms with Gasteiger partial charge in [-0.25, -0.2) is 4.98 Å². The number of aliphatic hydroxyl groups is 1. The van der Waals surface area contributed by atoms with Gasteiger partial charge >= 0.3 is 6.18 Å². The van der Waals surface area contributed by atoms with Crippen LogP contribution in [-0.2, 0) is 6.18 Å². The molecule has 1 aromatic carbocycles. The molecule has 1 aliphatic rings. The summed E-state index contributed by atoms with van der Waals surface area (Å²) in [5.41, 5.74) is -0.273. The summed E-state index contributed by atoms with van der Waals surface area (Å²) in [5.74, 6) is 0. The van der Waals surface area contributed by atoms with E-state index in [1.807, 2.05) is 0 Å². The summed E-state index contributed by atoms with van der Waals surface area (Å²) in [5, 5.41) is 10.3. The zero-order valence-electron chi connectivity index (χ0n) is 13.5. The van der Waals surface area contributed by atoms with Crippen molar-refractivity contribution in [2.45, 2.75) is 32.2 Å². The highest BCUT2D eigenvalue weighted by molar-refractivity contribution is 7.22. The van der Waals surface area contributed by atoms with E-state index in [1.54, 1.807) is 6.92 Å². The van der Waals surface area contributed by atoms with E-state index in [9.17, 15) is 18.3 Å². The maximum absolute atomic E-state index is 12.8. The number of hydrogen-bond donors (Lipinski definition) is 1. The summed E-state index contributed by atoms with van der Waals surface area (Å²) in [6, 6.07) is 3.91. The maximum Gasteiger partial charge on any atom is 0.416 e. The minimum absolute atomic E-state index is 0.195. The fraction of sp³-hybridized carbons (Fsp3) is 0.562. The number of aliphatic hydroxyl groups excluding tert-OH is 1. The summed E-state index contributed by atoms with van der Waals surface area (Å²) < 4.78 is 39.2. The lowest BCUT2D eigenvalue weighted by Crippen LogP contribution is -2.53. The van der Waals surface area contributed by atoms with Crippen molar-refractivity contribution in [1.82, 2.24) is 9.88 Å². The highest BCUT2D eigenvalue weighted by Crippen LogP contribution is 2.35. The van der Waals surface area contributed by atoms with Crippen molar-refractivity contribution >= 4 is 26.7 Å². The van der Waals surface area contributed by atoms with Gasteiger partial charge in [0.05, 0.1) is 21.9 Å². The van der Waals surface area contributed by atoms with Gasteiger partial charge in [0.2, 0.25) is 0 Å². The number of piperazine rings is 1. The molecule has 2 aromatic rings. The van der Waals surface area contributed by atoms with Crippen molar-refractivity contribution in [3.05, 3.63) is 23.8 Å². The number of aromatic nitrogens is 1. The molecule has 4 nitrogen and oxygen atoms in total. The average Bonchev–Trinajstić information content (AvgIpc) is 2.88. The van der Waals surface area contributed by atoms with Crippen LogP contribution in [0.2, 0.25) is 0 Å². The number of β-amino-alcohol motifs (C(OH)–C–C–N with tert-alkyl or cyclic N) is 1. The molecule has 1 fully saturated rings. The first-order valence-corrected chi connectivity index (χ1v) is 8.70. The molecule has 1 aromatic heterocycles. The fourth-order valence-electron chi connectivity index (χ4n) is 3.07. The van der Waals surface area contributed by atoms with E-state index in [-0.39, 0.29) is 12.1 Å². The van der Waals surface area contributed by atoms with E-state index < -0.39 is 11.7 Å². The molecule has 0 aliphatic carbocycles. The molecule has 0 radical (unpaired) electrons. The number of anilines is 1. The van der Waals surface area contributed by atoms with E-state index in [2.05, 4.69) is 21.7 Å². The second kappa shape index (κ2) is 6.50. The van der Waals surface area contributed by atoms with Crippen LogP contribution in [0, 0.1) is 0 Å². The predicted octanol–water partition coefficient (Wildman–Crippen LogP) is 3.21. The van der Waals surface area contributed by atoms with Gasteiger partial charge in [-0.1, -0.05) is 11.3 Å². The number of thiazole rings is 1. The third-order valence-corrected chi connectivity index (χ3v) is 5.26. The van der Waals surface area contributed by atoms with Gasteiger partial charge in [-0.15, -0.1) is 0 Å². The molecule has 132 valence electrons. The third-order valence-electron chi connectivity index (χ3n) is 4.18. The summed E-state index contributed by atoms with van der Waals surface area (Å²) >= 11 is 1.42. The normalized spacial score (nSPS) is 21.4. The van der Waals surface area contributed by atoms with Crippen LogP contribution in [0.5, 0.6) is 0 Å². The van der Waals surface area contributed by atoms with Gasteiger partial charge in [-0.2, -0.15) is 13.2 Å². The summed E-state index contributed by atoms with van der Waals surface area (Å²) in [6.07, 6.45) is -4.72. The average molecular weight is 359 g/mol. The number of halogens is 3. The highest BCUT2D eigenvalue weighted by atomic mass is 32.1. The van der Waals surface area contributed by atoms with Gasteiger partial charge < -0.3 is 10.0 Å². The number of alkyl halides is 3. The summed E-state index contributed by atoms with van der Waals surface area (Å²) in [7, 11) is 0. The fourth-order valence-corrected chi connectivity index (χ4v) is 4.15. The third kappa shape index (κ3) is 3.65. The smallest absolute Gasteiger partial charge is 0.392 e. The first-order chi connectivity index (χ1) is 11.2. The molecule has 1 N–H and O–H groups in total. The van der Waals surface area contributed by atoms with Crippen LogP contribution in [-0.4, -0.2) is 53.3 Å². The molecule has 1 saturated heterocycles. The minimum Gasteiger partial charge on any atom is -0.392 e. The first-order valence-electron chi connectivity index (χ1n) is 7.89. The Labute approximate surface area is 142 Å². The number of hydrogen-bond acceptors (Lipinski definition) is 5. The second-order valence-corrected chi connectivity index (χ2v) is 7.34. The first kappa shape index (κ1) is 17.4. The van der Waals surface area contributed by atoms with Crippen LogP contribution in [0.15, 0.2) is 18.2 Å². The molecular formula is C16H20F3N3OS. The largest absolute Gasteiger partial charge is 0.416 e. The van der Waals surface area contributed by atoms with Crippen molar-refractivity contribution in [2.24, 2.45) is 0 Å². The molecule has 2 heterocycles. The molecule has 0 bridgehead atoms. The summed E-state index contributed by atoms with van der Waals surface area (Å²) in [4.78, 5) is 8.75. The Bertz CT molecular complexity index is 716. The lowest BCUT2D eigenvalue weighted by atomic mass is 10.2. The van der Waals surface area contributed by atoms with Crippen LogP contribution >= 0.6 is 11.3 Å². The monoisotopic (exact) mass is 359 g/mol. The van der Waals surface area contributed by atoms with Crippen LogP contribution in [0.4, 0.5) is 18.3 Å². The van der Waals surface area contributed by atoms with Gasteiger partial charge in [0, 0.05) is 32.2 Å². The molecule has 2 unspecified atom stereocenters. The Kier molecular flexibility index (Phi) is 4.72. The lowest BCUT2D eigenvalue weighted by molar-refractivity contribution is -0.137. The molecule has 24 heavy (non-hydrogen) atoms. The Morgan fingerprint density at radius 1 is 1.38 bits per heavy atom. The SMILES string of the molecule is CC(O)CN1CCN(c2nc3cc(C(F)(F)F)ccc3s2)C(C)C1. The second-order valence-electron chi connectivity index (χ2n) is 6.33. The van der Waals surface area contributed by atoms with Crippen molar-refractivity contribution in [1.29, 1.82) is 0 Å². The topological polar surface area (TPSA) is 39.6 Å². The van der Waals surface area contributed by atoms with Gasteiger partial charge in [0.15, 0.2) is 5.13 Å². The lowest BCUT2D eigenvalue weighted by Gasteiger charge is -2.40. The Morgan fingerprint density at radius 3 is 2.75 bits per heavy atom. The molecule has 8 heteroatoms. The Hall–Kier alpha value is -1.38.